The number of benzene rings is 2. The summed E-state index contributed by atoms with van der Waals surface area (Å²) in [5.74, 6) is -0.253. The van der Waals surface area contributed by atoms with Gasteiger partial charge in [-0.3, -0.25) is 9.69 Å². The van der Waals surface area contributed by atoms with Crippen LogP contribution >= 0.6 is 0 Å². The molecule has 8 heteroatoms. The van der Waals surface area contributed by atoms with Crippen LogP contribution in [0.25, 0.3) is 0 Å². The highest BCUT2D eigenvalue weighted by atomic mass is 32.2. The van der Waals surface area contributed by atoms with E-state index in [9.17, 15) is 13.2 Å². The molecule has 2 aromatic rings. The van der Waals surface area contributed by atoms with E-state index in [4.69, 9.17) is 4.74 Å². The van der Waals surface area contributed by atoms with Gasteiger partial charge in [0.25, 0.3) is 5.91 Å². The Kier molecular flexibility index (Phi) is 8.14. The predicted octanol–water partition coefficient (Wildman–Crippen LogP) is 2.93. The molecule has 4 rings (SSSR count). The largest absolute Gasteiger partial charge is 0.377 e. The van der Waals surface area contributed by atoms with Crippen LogP contribution in [-0.2, 0) is 21.3 Å². The van der Waals surface area contributed by atoms with Crippen LogP contribution in [0.5, 0.6) is 0 Å². The first kappa shape index (κ1) is 23.9. The molecule has 0 spiro atoms. The maximum absolute atomic E-state index is 12.8. The van der Waals surface area contributed by atoms with Gasteiger partial charge in [0.15, 0.2) is 0 Å². The number of rotatable bonds is 9. The van der Waals surface area contributed by atoms with E-state index in [0.29, 0.717) is 18.7 Å². The molecule has 2 aliphatic rings. The second-order valence-electron chi connectivity index (χ2n) is 8.83. The highest BCUT2D eigenvalue weighted by Gasteiger charge is 2.24. The van der Waals surface area contributed by atoms with Crippen LogP contribution in [0.4, 0.5) is 0 Å². The van der Waals surface area contributed by atoms with Crippen molar-refractivity contribution in [2.24, 2.45) is 0 Å². The van der Waals surface area contributed by atoms with E-state index in [0.717, 1.165) is 45.2 Å². The summed E-state index contributed by atoms with van der Waals surface area (Å²) >= 11 is 0. The van der Waals surface area contributed by atoms with Gasteiger partial charge in [0, 0.05) is 37.8 Å². The Hall–Kier alpha value is -2.26. The van der Waals surface area contributed by atoms with Gasteiger partial charge in [0.1, 0.15) is 0 Å². The fraction of sp³-hybridized carbons (Fsp3) is 0.480. The van der Waals surface area contributed by atoms with E-state index in [1.54, 1.807) is 12.1 Å². The summed E-state index contributed by atoms with van der Waals surface area (Å²) < 4.78 is 33.5. The Bertz CT molecular complexity index is 1020. The number of piperidine rings is 1. The zero-order valence-corrected chi connectivity index (χ0v) is 19.7. The smallest absolute Gasteiger partial charge is 0.251 e. The average Bonchev–Trinajstić information content (AvgIpc) is 3.37. The zero-order chi connectivity index (χ0) is 23.1. The second kappa shape index (κ2) is 11.2. The summed E-state index contributed by atoms with van der Waals surface area (Å²) in [5, 5.41) is 3.02. The van der Waals surface area contributed by atoms with E-state index >= 15 is 0 Å². The lowest BCUT2D eigenvalue weighted by Crippen LogP contribution is -2.46. The Morgan fingerprint density at radius 1 is 1.00 bits per heavy atom. The lowest BCUT2D eigenvalue weighted by atomic mass is 10.0. The first-order valence-electron chi connectivity index (χ1n) is 11.8. The predicted molar refractivity (Wildman–Crippen MR) is 127 cm³/mol. The molecule has 33 heavy (non-hydrogen) atoms. The van der Waals surface area contributed by atoms with Gasteiger partial charge in [-0.2, -0.15) is 0 Å². The number of nitrogens with zero attached hydrogens (tertiary/aromatic N) is 1. The molecule has 2 heterocycles. The van der Waals surface area contributed by atoms with Gasteiger partial charge in [0.2, 0.25) is 10.0 Å². The van der Waals surface area contributed by atoms with Gasteiger partial charge in [-0.1, -0.05) is 42.8 Å². The molecule has 2 aromatic carbocycles. The molecule has 1 amide bonds. The van der Waals surface area contributed by atoms with Crippen LogP contribution in [0.15, 0.2) is 59.5 Å². The van der Waals surface area contributed by atoms with Crippen LogP contribution in [0.3, 0.4) is 0 Å². The maximum atomic E-state index is 12.8. The molecule has 0 saturated carbocycles. The molecule has 0 radical (unpaired) electrons. The Balaban J connectivity index is 1.34. The third-order valence-electron chi connectivity index (χ3n) is 6.41. The second-order valence-corrected chi connectivity index (χ2v) is 10.6. The molecule has 0 bridgehead atoms. The highest BCUT2D eigenvalue weighted by molar-refractivity contribution is 7.89. The topological polar surface area (TPSA) is 87.7 Å². The fourth-order valence-corrected chi connectivity index (χ4v) is 5.64. The lowest BCUT2D eigenvalue weighted by molar-refractivity contribution is 0.0907. The zero-order valence-electron chi connectivity index (χ0n) is 18.9. The number of hydrogen-bond acceptors (Lipinski definition) is 5. The monoisotopic (exact) mass is 471 g/mol. The molecule has 7 nitrogen and oxygen atoms in total. The number of sulfonamides is 1. The first-order valence-corrected chi connectivity index (χ1v) is 13.3. The van der Waals surface area contributed by atoms with Gasteiger partial charge in [-0.05, 0) is 56.0 Å². The molecule has 2 saturated heterocycles. The fourth-order valence-electron chi connectivity index (χ4n) is 4.53. The van der Waals surface area contributed by atoms with Crippen LogP contribution in [-0.4, -0.2) is 57.6 Å². The van der Waals surface area contributed by atoms with Crippen LogP contribution in [0.1, 0.15) is 48.0 Å². The number of nitrogens with one attached hydrogen (secondary N) is 2. The third-order valence-corrected chi connectivity index (χ3v) is 7.83. The molecule has 0 unspecified atom stereocenters. The molecule has 0 aliphatic carbocycles. The van der Waals surface area contributed by atoms with Gasteiger partial charge in [-0.15, -0.1) is 0 Å². The molecule has 2 aliphatic heterocycles. The normalized spacial score (nSPS) is 21.7. The van der Waals surface area contributed by atoms with Gasteiger partial charge in [-0.25, -0.2) is 13.1 Å². The quantitative estimate of drug-likeness (QED) is 0.587. The summed E-state index contributed by atoms with van der Waals surface area (Å²) in [6.45, 7) is 3.34. The van der Waals surface area contributed by atoms with Crippen LogP contribution < -0.4 is 10.0 Å². The molecular formula is C25H33N3O4S. The van der Waals surface area contributed by atoms with Crippen molar-refractivity contribution in [3.05, 3.63) is 65.7 Å². The van der Waals surface area contributed by atoms with Gasteiger partial charge < -0.3 is 10.1 Å². The summed E-state index contributed by atoms with van der Waals surface area (Å²) in [7, 11) is -3.70. The van der Waals surface area contributed by atoms with Crippen molar-refractivity contribution in [3.63, 3.8) is 0 Å². The van der Waals surface area contributed by atoms with E-state index < -0.39 is 10.0 Å². The Morgan fingerprint density at radius 2 is 1.85 bits per heavy atom. The van der Waals surface area contributed by atoms with Crippen molar-refractivity contribution in [1.29, 1.82) is 0 Å². The molecular weight excluding hydrogens is 438 g/mol. The van der Waals surface area contributed by atoms with Gasteiger partial charge in [0.05, 0.1) is 11.0 Å². The molecule has 2 N–H and O–H groups in total. The molecule has 2 fully saturated rings. The summed E-state index contributed by atoms with van der Waals surface area (Å²) in [4.78, 5) is 15.4. The van der Waals surface area contributed by atoms with Gasteiger partial charge >= 0.3 is 0 Å². The highest BCUT2D eigenvalue weighted by Crippen LogP contribution is 2.20. The summed E-state index contributed by atoms with van der Waals surface area (Å²) in [6.07, 6.45) is 5.07. The number of carbonyl (C=O) groups excluding carboxylic acids is 1. The molecule has 2 atom stereocenters. The number of likely N-dealkylation sites (tertiary alicyclic amines) is 1. The lowest BCUT2D eigenvalue weighted by Gasteiger charge is -2.36. The number of ether oxygens (including phenoxy) is 1. The summed E-state index contributed by atoms with van der Waals surface area (Å²) in [5.41, 5.74) is 1.62. The number of carbonyl (C=O) groups is 1. The van der Waals surface area contributed by atoms with Crippen molar-refractivity contribution in [3.8, 4) is 0 Å². The molecule has 178 valence electrons. The minimum Gasteiger partial charge on any atom is -0.377 e. The van der Waals surface area contributed by atoms with Crippen molar-refractivity contribution in [2.45, 2.75) is 55.7 Å². The van der Waals surface area contributed by atoms with Crippen molar-refractivity contribution < 1.29 is 17.9 Å². The minimum absolute atomic E-state index is 0.0828. The summed E-state index contributed by atoms with van der Waals surface area (Å²) in [6, 6.07) is 16.8. The Labute approximate surface area is 196 Å². The SMILES string of the molecule is O=C(NC[C@@H]1CCCCN1Cc1ccccc1)c1cccc(S(=O)(=O)NC[C@H]2CCCO2)c1. The minimum atomic E-state index is -3.70. The standard InChI is InChI=1S/C25H33N3O4S/c29-25(26-17-22-11-4-5-14-28(22)19-20-8-2-1-3-9-20)21-10-6-13-24(16-21)33(30,31)27-18-23-12-7-15-32-23/h1-3,6,8-10,13,16,22-23,27H,4-5,7,11-12,14-15,17-19H2,(H,26,29)/t22-,23+/m0/s1. The van der Waals surface area contributed by atoms with Crippen LogP contribution in [0, 0.1) is 0 Å². The van der Waals surface area contributed by atoms with Crippen LogP contribution in [0.2, 0.25) is 0 Å². The van der Waals surface area contributed by atoms with E-state index in [2.05, 4.69) is 27.1 Å². The molecule has 0 aromatic heterocycles. The van der Waals surface area contributed by atoms with E-state index in [1.165, 1.54) is 17.7 Å². The number of amides is 1. The first-order chi connectivity index (χ1) is 16.0. The average molecular weight is 472 g/mol. The van der Waals surface area contributed by atoms with E-state index in [1.807, 2.05) is 18.2 Å². The number of hydrogen-bond donors (Lipinski definition) is 2. The van der Waals surface area contributed by atoms with Crippen molar-refractivity contribution in [2.75, 3.05) is 26.2 Å². The van der Waals surface area contributed by atoms with Crippen molar-refractivity contribution in [1.82, 2.24) is 14.9 Å². The maximum Gasteiger partial charge on any atom is 0.251 e. The Morgan fingerprint density at radius 3 is 2.64 bits per heavy atom. The van der Waals surface area contributed by atoms with E-state index in [-0.39, 0.29) is 29.5 Å². The third kappa shape index (κ3) is 6.63. The van der Waals surface area contributed by atoms with Crippen molar-refractivity contribution >= 4 is 15.9 Å².